The monoisotopic (exact) mass is 287 g/mol. The summed E-state index contributed by atoms with van der Waals surface area (Å²) < 4.78 is 5.69. The first-order chi connectivity index (χ1) is 10.2. The van der Waals surface area contributed by atoms with Gasteiger partial charge in [0, 0.05) is 11.1 Å². The Kier molecular flexibility index (Phi) is 4.03. The third kappa shape index (κ3) is 3.14. The Morgan fingerprint density at radius 1 is 1.19 bits per heavy atom. The van der Waals surface area contributed by atoms with E-state index < -0.39 is 0 Å². The van der Waals surface area contributed by atoms with Crippen LogP contribution in [0.25, 0.3) is 11.5 Å². The summed E-state index contributed by atoms with van der Waals surface area (Å²) in [6.45, 7) is 2.70. The van der Waals surface area contributed by atoms with Gasteiger partial charge in [-0.05, 0) is 31.9 Å². The van der Waals surface area contributed by atoms with E-state index in [9.17, 15) is 5.11 Å². The van der Waals surface area contributed by atoms with Gasteiger partial charge in [-0.3, -0.25) is 0 Å². The molecule has 0 unspecified atom stereocenters. The summed E-state index contributed by atoms with van der Waals surface area (Å²) >= 11 is 0. The van der Waals surface area contributed by atoms with E-state index in [1.54, 1.807) is 0 Å². The second-order valence-electron chi connectivity index (χ2n) is 5.87. The summed E-state index contributed by atoms with van der Waals surface area (Å²) in [5, 5.41) is 21.1. The number of nitrogens with one attached hydrogen (secondary N) is 1. The van der Waals surface area contributed by atoms with Crippen LogP contribution in [0.1, 0.15) is 37.1 Å². The first-order valence-electron chi connectivity index (χ1n) is 7.46. The lowest BCUT2D eigenvalue weighted by Gasteiger charge is -2.27. The SMILES string of the molecule is Cc1ccc(-c2nnc(CNC3(CO)CCCC3)o2)cc1. The van der Waals surface area contributed by atoms with E-state index in [0.29, 0.717) is 18.3 Å². The van der Waals surface area contributed by atoms with Gasteiger partial charge in [0.25, 0.3) is 0 Å². The van der Waals surface area contributed by atoms with Crippen LogP contribution >= 0.6 is 0 Å². The lowest BCUT2D eigenvalue weighted by molar-refractivity contribution is 0.159. The minimum absolute atomic E-state index is 0.159. The molecule has 5 heteroatoms. The maximum atomic E-state index is 9.57. The van der Waals surface area contributed by atoms with Crippen molar-refractivity contribution in [3.05, 3.63) is 35.7 Å². The molecule has 1 aliphatic carbocycles. The molecule has 2 N–H and O–H groups in total. The molecule has 1 saturated carbocycles. The molecule has 2 aromatic rings. The molecule has 1 heterocycles. The number of aliphatic hydroxyl groups excluding tert-OH is 1. The van der Waals surface area contributed by atoms with Gasteiger partial charge >= 0.3 is 0 Å². The molecule has 0 amide bonds. The van der Waals surface area contributed by atoms with Crippen molar-refractivity contribution in [1.29, 1.82) is 0 Å². The van der Waals surface area contributed by atoms with Gasteiger partial charge in [0.1, 0.15) is 0 Å². The fourth-order valence-electron chi connectivity index (χ4n) is 2.84. The van der Waals surface area contributed by atoms with E-state index >= 15 is 0 Å². The third-order valence-electron chi connectivity index (χ3n) is 4.24. The van der Waals surface area contributed by atoms with Crippen LogP contribution in [-0.2, 0) is 6.54 Å². The van der Waals surface area contributed by atoms with E-state index in [4.69, 9.17) is 4.42 Å². The number of nitrogens with zero attached hydrogens (tertiary/aromatic N) is 2. The summed E-state index contributed by atoms with van der Waals surface area (Å²) in [5.41, 5.74) is 1.96. The van der Waals surface area contributed by atoms with Gasteiger partial charge in [0.05, 0.1) is 13.2 Å². The highest BCUT2D eigenvalue weighted by Crippen LogP contribution is 2.29. The molecule has 1 aromatic carbocycles. The number of hydrogen-bond acceptors (Lipinski definition) is 5. The van der Waals surface area contributed by atoms with Gasteiger partial charge in [0.2, 0.25) is 11.8 Å². The molecule has 5 nitrogen and oxygen atoms in total. The van der Waals surface area contributed by atoms with Gasteiger partial charge in [0.15, 0.2) is 0 Å². The van der Waals surface area contributed by atoms with Crippen molar-refractivity contribution in [3.8, 4) is 11.5 Å². The zero-order valence-corrected chi connectivity index (χ0v) is 12.3. The van der Waals surface area contributed by atoms with E-state index in [2.05, 4.69) is 15.5 Å². The molecular weight excluding hydrogens is 266 g/mol. The van der Waals surface area contributed by atoms with Crippen molar-refractivity contribution >= 4 is 0 Å². The van der Waals surface area contributed by atoms with E-state index in [0.717, 1.165) is 31.2 Å². The smallest absolute Gasteiger partial charge is 0.247 e. The van der Waals surface area contributed by atoms with Crippen molar-refractivity contribution in [2.75, 3.05) is 6.61 Å². The van der Waals surface area contributed by atoms with Crippen LogP contribution in [0.5, 0.6) is 0 Å². The second-order valence-corrected chi connectivity index (χ2v) is 5.87. The van der Waals surface area contributed by atoms with Crippen LogP contribution in [0, 0.1) is 6.92 Å². The van der Waals surface area contributed by atoms with Crippen LogP contribution < -0.4 is 5.32 Å². The maximum absolute atomic E-state index is 9.57. The lowest BCUT2D eigenvalue weighted by atomic mass is 9.99. The Morgan fingerprint density at radius 2 is 1.90 bits per heavy atom. The number of rotatable bonds is 5. The molecule has 21 heavy (non-hydrogen) atoms. The summed E-state index contributed by atoms with van der Waals surface area (Å²) in [6, 6.07) is 8.01. The van der Waals surface area contributed by atoms with Crippen molar-refractivity contribution < 1.29 is 9.52 Å². The van der Waals surface area contributed by atoms with Crippen LogP contribution in [0.15, 0.2) is 28.7 Å². The molecule has 0 aliphatic heterocycles. The predicted octanol–water partition coefficient (Wildman–Crippen LogP) is 2.44. The van der Waals surface area contributed by atoms with Crippen molar-refractivity contribution in [2.45, 2.75) is 44.7 Å². The zero-order chi connectivity index (χ0) is 14.7. The summed E-state index contributed by atoms with van der Waals surface area (Å²) in [5.74, 6) is 1.10. The Balaban J connectivity index is 1.66. The van der Waals surface area contributed by atoms with Gasteiger partial charge in [-0.1, -0.05) is 30.5 Å². The lowest BCUT2D eigenvalue weighted by Crippen LogP contribution is -2.45. The molecule has 0 radical (unpaired) electrons. The van der Waals surface area contributed by atoms with Crippen molar-refractivity contribution in [3.63, 3.8) is 0 Å². The second kappa shape index (κ2) is 5.95. The standard InChI is InChI=1S/C16H21N3O2/c1-12-4-6-13(7-5-12)15-19-18-14(21-15)10-17-16(11-20)8-2-3-9-16/h4-7,17,20H,2-3,8-11H2,1H3. The minimum Gasteiger partial charge on any atom is -0.419 e. The molecule has 1 aliphatic rings. The van der Waals surface area contributed by atoms with Gasteiger partial charge in [-0.25, -0.2) is 0 Å². The van der Waals surface area contributed by atoms with Gasteiger partial charge < -0.3 is 14.8 Å². The normalized spacial score (nSPS) is 17.2. The molecule has 0 spiro atoms. The van der Waals surface area contributed by atoms with Crippen LogP contribution in [-0.4, -0.2) is 27.4 Å². The molecule has 1 aromatic heterocycles. The van der Waals surface area contributed by atoms with E-state index in [1.807, 2.05) is 31.2 Å². The summed E-state index contributed by atoms with van der Waals surface area (Å²) in [7, 11) is 0. The minimum atomic E-state index is -0.168. The van der Waals surface area contributed by atoms with Crippen LogP contribution in [0.4, 0.5) is 0 Å². The number of hydrogen-bond donors (Lipinski definition) is 2. The Labute approximate surface area is 124 Å². The van der Waals surface area contributed by atoms with Gasteiger partial charge in [-0.2, -0.15) is 0 Å². The van der Waals surface area contributed by atoms with Crippen LogP contribution in [0.3, 0.4) is 0 Å². The molecule has 0 saturated heterocycles. The Hall–Kier alpha value is -1.72. The fraction of sp³-hybridized carbons (Fsp3) is 0.500. The first kappa shape index (κ1) is 14.2. The highest BCUT2D eigenvalue weighted by molar-refractivity contribution is 5.52. The largest absolute Gasteiger partial charge is 0.419 e. The van der Waals surface area contributed by atoms with Crippen molar-refractivity contribution in [2.24, 2.45) is 0 Å². The molecule has 0 bridgehead atoms. The van der Waals surface area contributed by atoms with Crippen LogP contribution in [0.2, 0.25) is 0 Å². The zero-order valence-electron chi connectivity index (χ0n) is 12.3. The maximum Gasteiger partial charge on any atom is 0.247 e. The molecule has 0 atom stereocenters. The average molecular weight is 287 g/mol. The highest BCUT2D eigenvalue weighted by Gasteiger charge is 2.32. The summed E-state index contributed by atoms with van der Waals surface area (Å²) in [4.78, 5) is 0. The number of aliphatic hydroxyl groups is 1. The number of aromatic nitrogens is 2. The Bertz CT molecular complexity index is 586. The predicted molar refractivity (Wildman–Crippen MR) is 79.6 cm³/mol. The molecule has 112 valence electrons. The van der Waals surface area contributed by atoms with Gasteiger partial charge in [-0.15, -0.1) is 10.2 Å². The fourth-order valence-corrected chi connectivity index (χ4v) is 2.84. The number of aryl methyl sites for hydroxylation is 1. The molecule has 1 fully saturated rings. The van der Waals surface area contributed by atoms with Crippen molar-refractivity contribution in [1.82, 2.24) is 15.5 Å². The summed E-state index contributed by atoms with van der Waals surface area (Å²) in [6.07, 6.45) is 4.32. The molecular formula is C16H21N3O2. The topological polar surface area (TPSA) is 71.2 Å². The third-order valence-corrected chi connectivity index (χ3v) is 4.24. The first-order valence-corrected chi connectivity index (χ1v) is 7.46. The van der Waals surface area contributed by atoms with E-state index in [-0.39, 0.29) is 12.1 Å². The molecule has 3 rings (SSSR count). The van der Waals surface area contributed by atoms with E-state index in [1.165, 1.54) is 5.56 Å². The number of benzene rings is 1. The highest BCUT2D eigenvalue weighted by atomic mass is 16.4. The quantitative estimate of drug-likeness (QED) is 0.884. The average Bonchev–Trinajstić information content (AvgIpc) is 3.16. The Morgan fingerprint density at radius 3 is 2.57 bits per heavy atom.